The first-order valence-electron chi connectivity index (χ1n) is 7.56. The Hall–Kier alpha value is -2.48. The van der Waals surface area contributed by atoms with Gasteiger partial charge in [-0.25, -0.2) is 18.4 Å². The molecule has 126 valence electrons. The average molecular weight is 346 g/mol. The lowest BCUT2D eigenvalue weighted by Gasteiger charge is -2.23. The van der Waals surface area contributed by atoms with E-state index in [0.717, 1.165) is 0 Å². The van der Waals surface area contributed by atoms with Gasteiger partial charge in [-0.1, -0.05) is 18.2 Å². The highest BCUT2D eigenvalue weighted by atomic mass is 32.2. The Bertz CT molecular complexity index is 822. The van der Waals surface area contributed by atoms with E-state index in [1.54, 1.807) is 24.1 Å². The molecular weight excluding hydrogens is 328 g/mol. The van der Waals surface area contributed by atoms with Gasteiger partial charge in [-0.3, -0.25) is 4.79 Å². The second kappa shape index (κ2) is 6.56. The van der Waals surface area contributed by atoms with Gasteiger partial charge < -0.3 is 10.2 Å². The van der Waals surface area contributed by atoms with Gasteiger partial charge >= 0.3 is 0 Å². The van der Waals surface area contributed by atoms with Crippen LogP contribution in [0.3, 0.4) is 0 Å². The summed E-state index contributed by atoms with van der Waals surface area (Å²) in [4.78, 5) is 22.3. The van der Waals surface area contributed by atoms with Gasteiger partial charge in [-0.05, 0) is 18.6 Å². The number of nitrogens with zero attached hydrogens (tertiary/aromatic N) is 3. The van der Waals surface area contributed by atoms with Gasteiger partial charge in [-0.2, -0.15) is 0 Å². The Morgan fingerprint density at radius 3 is 2.54 bits per heavy atom. The van der Waals surface area contributed by atoms with E-state index < -0.39 is 9.84 Å². The Balaban J connectivity index is 1.68. The number of aromatic nitrogens is 2. The summed E-state index contributed by atoms with van der Waals surface area (Å²) in [6.07, 6.45) is 3.47. The topological polar surface area (TPSA) is 92.3 Å². The van der Waals surface area contributed by atoms with Gasteiger partial charge in [0.05, 0.1) is 23.9 Å². The molecule has 2 aromatic rings. The van der Waals surface area contributed by atoms with Crippen molar-refractivity contribution in [3.63, 3.8) is 0 Å². The summed E-state index contributed by atoms with van der Waals surface area (Å²) in [5, 5.41) is 2.74. The molecule has 1 fully saturated rings. The standard InChI is InChI=1S/C16H18N4O3S/c1-20(13-7-8-24(22,23)11-13)15-10-17-14(9-18-15)16(21)19-12-5-3-2-4-6-12/h2-6,9-10,13H,7-8,11H2,1H3,(H,19,21). The van der Waals surface area contributed by atoms with E-state index in [0.29, 0.717) is 17.9 Å². The Labute approximate surface area is 140 Å². The fourth-order valence-electron chi connectivity index (χ4n) is 2.61. The zero-order valence-electron chi connectivity index (χ0n) is 13.2. The SMILES string of the molecule is CN(c1cnc(C(=O)Nc2ccccc2)cn1)C1CCS(=O)(=O)C1. The number of hydrogen-bond donors (Lipinski definition) is 1. The maximum absolute atomic E-state index is 12.1. The quantitative estimate of drug-likeness (QED) is 0.898. The van der Waals surface area contributed by atoms with Crippen LogP contribution in [0.2, 0.25) is 0 Å². The molecule has 1 unspecified atom stereocenters. The molecule has 0 spiro atoms. The average Bonchev–Trinajstić information content (AvgIpc) is 2.95. The van der Waals surface area contributed by atoms with Crippen LogP contribution in [0, 0.1) is 0 Å². The van der Waals surface area contributed by atoms with Crippen LogP contribution < -0.4 is 10.2 Å². The number of amides is 1. The molecule has 1 aromatic carbocycles. The summed E-state index contributed by atoms with van der Waals surface area (Å²) in [6.45, 7) is 0. The molecule has 1 aromatic heterocycles. The van der Waals surface area contributed by atoms with Crippen LogP contribution in [-0.4, -0.2) is 48.9 Å². The third-order valence-corrected chi connectivity index (χ3v) is 5.77. The van der Waals surface area contributed by atoms with Crippen molar-refractivity contribution in [3.8, 4) is 0 Å². The van der Waals surface area contributed by atoms with E-state index >= 15 is 0 Å². The summed E-state index contributed by atoms with van der Waals surface area (Å²) in [5.74, 6) is 0.536. The van der Waals surface area contributed by atoms with Crippen molar-refractivity contribution in [2.75, 3.05) is 28.8 Å². The number of rotatable bonds is 4. The monoisotopic (exact) mass is 346 g/mol. The van der Waals surface area contributed by atoms with E-state index in [1.807, 2.05) is 18.2 Å². The fraction of sp³-hybridized carbons (Fsp3) is 0.312. The summed E-state index contributed by atoms with van der Waals surface area (Å²) in [6, 6.07) is 8.99. The highest BCUT2D eigenvalue weighted by Crippen LogP contribution is 2.20. The Kier molecular flexibility index (Phi) is 4.48. The molecule has 1 aliphatic rings. The third kappa shape index (κ3) is 3.70. The molecular formula is C16H18N4O3S. The van der Waals surface area contributed by atoms with Gasteiger partial charge in [0, 0.05) is 18.8 Å². The molecule has 3 rings (SSSR count). The number of sulfone groups is 1. The number of benzene rings is 1. The van der Waals surface area contributed by atoms with Crippen molar-refractivity contribution in [2.24, 2.45) is 0 Å². The number of carbonyl (C=O) groups is 1. The number of anilines is 2. The molecule has 1 saturated heterocycles. The number of hydrogen-bond acceptors (Lipinski definition) is 6. The van der Waals surface area contributed by atoms with Crippen molar-refractivity contribution >= 4 is 27.2 Å². The van der Waals surface area contributed by atoms with Gasteiger partial charge in [-0.15, -0.1) is 0 Å². The predicted octanol–water partition coefficient (Wildman–Crippen LogP) is 1.35. The molecule has 0 aliphatic carbocycles. The van der Waals surface area contributed by atoms with Crippen LogP contribution in [0.5, 0.6) is 0 Å². The molecule has 1 atom stereocenters. The predicted molar refractivity (Wildman–Crippen MR) is 91.9 cm³/mol. The van der Waals surface area contributed by atoms with E-state index in [-0.39, 0.29) is 29.1 Å². The van der Waals surface area contributed by atoms with E-state index in [2.05, 4.69) is 15.3 Å². The summed E-state index contributed by atoms with van der Waals surface area (Å²) >= 11 is 0. The molecule has 7 nitrogen and oxygen atoms in total. The minimum Gasteiger partial charge on any atom is -0.354 e. The van der Waals surface area contributed by atoms with Crippen LogP contribution in [0.4, 0.5) is 11.5 Å². The molecule has 8 heteroatoms. The maximum Gasteiger partial charge on any atom is 0.275 e. The summed E-state index contributed by atoms with van der Waals surface area (Å²) < 4.78 is 23.2. The molecule has 0 saturated carbocycles. The first-order chi connectivity index (χ1) is 11.4. The number of nitrogens with one attached hydrogen (secondary N) is 1. The van der Waals surface area contributed by atoms with Crippen LogP contribution >= 0.6 is 0 Å². The lowest BCUT2D eigenvalue weighted by Crippen LogP contribution is -2.33. The number of carbonyl (C=O) groups excluding carboxylic acids is 1. The molecule has 1 N–H and O–H groups in total. The molecule has 1 amide bonds. The van der Waals surface area contributed by atoms with E-state index in [4.69, 9.17) is 0 Å². The molecule has 24 heavy (non-hydrogen) atoms. The van der Waals surface area contributed by atoms with Gasteiger partial charge in [0.2, 0.25) is 0 Å². The lowest BCUT2D eigenvalue weighted by molar-refractivity contribution is 0.102. The van der Waals surface area contributed by atoms with Gasteiger partial charge in [0.1, 0.15) is 11.5 Å². The van der Waals surface area contributed by atoms with Crippen LogP contribution in [0.1, 0.15) is 16.9 Å². The third-order valence-electron chi connectivity index (χ3n) is 4.02. The van der Waals surface area contributed by atoms with E-state index in [9.17, 15) is 13.2 Å². The smallest absolute Gasteiger partial charge is 0.275 e. The van der Waals surface area contributed by atoms with Crippen LogP contribution in [0.15, 0.2) is 42.7 Å². The molecule has 0 bridgehead atoms. The van der Waals surface area contributed by atoms with Gasteiger partial charge in [0.15, 0.2) is 9.84 Å². The maximum atomic E-state index is 12.1. The summed E-state index contributed by atoms with van der Waals surface area (Å²) in [5.41, 5.74) is 0.886. The molecule has 1 aliphatic heterocycles. The Morgan fingerprint density at radius 2 is 1.96 bits per heavy atom. The lowest BCUT2D eigenvalue weighted by atomic mass is 10.2. The normalized spacial score (nSPS) is 19.0. The minimum absolute atomic E-state index is 0.103. The number of para-hydroxylation sites is 1. The van der Waals surface area contributed by atoms with Crippen molar-refractivity contribution in [1.82, 2.24) is 9.97 Å². The molecule has 0 radical (unpaired) electrons. The van der Waals surface area contributed by atoms with Crippen LogP contribution in [0.25, 0.3) is 0 Å². The first kappa shape index (κ1) is 16.4. The zero-order chi connectivity index (χ0) is 17.2. The summed E-state index contributed by atoms with van der Waals surface area (Å²) in [7, 11) is -1.17. The van der Waals surface area contributed by atoms with Crippen molar-refractivity contribution in [1.29, 1.82) is 0 Å². The second-order valence-electron chi connectivity index (χ2n) is 5.75. The minimum atomic E-state index is -2.96. The second-order valence-corrected chi connectivity index (χ2v) is 7.98. The molecule has 2 heterocycles. The van der Waals surface area contributed by atoms with Crippen LogP contribution in [-0.2, 0) is 9.84 Å². The van der Waals surface area contributed by atoms with Gasteiger partial charge in [0.25, 0.3) is 5.91 Å². The highest BCUT2D eigenvalue weighted by Gasteiger charge is 2.31. The van der Waals surface area contributed by atoms with Crippen molar-refractivity contribution in [3.05, 3.63) is 48.4 Å². The van der Waals surface area contributed by atoms with Crippen molar-refractivity contribution in [2.45, 2.75) is 12.5 Å². The highest BCUT2D eigenvalue weighted by molar-refractivity contribution is 7.91. The largest absolute Gasteiger partial charge is 0.354 e. The Morgan fingerprint density at radius 1 is 1.21 bits per heavy atom. The zero-order valence-corrected chi connectivity index (χ0v) is 14.0. The first-order valence-corrected chi connectivity index (χ1v) is 9.38. The van der Waals surface area contributed by atoms with E-state index in [1.165, 1.54) is 12.4 Å². The van der Waals surface area contributed by atoms with Crippen molar-refractivity contribution < 1.29 is 13.2 Å². The fourth-order valence-corrected chi connectivity index (χ4v) is 4.38.